The average Bonchev–Trinajstić information content (AvgIpc) is 2.83. The largest absolute Gasteiger partial charge is 0.458 e. The highest BCUT2D eigenvalue weighted by Crippen LogP contribution is 2.63. The van der Waals surface area contributed by atoms with Crippen molar-refractivity contribution in [2.75, 3.05) is 0 Å². The molecule has 132 valence electrons. The first-order chi connectivity index (χ1) is 11.3. The minimum absolute atomic E-state index is 0.0967. The van der Waals surface area contributed by atoms with Crippen LogP contribution in [0.2, 0.25) is 0 Å². The minimum atomic E-state index is -0.198. The molecule has 0 aromatic heterocycles. The Morgan fingerprint density at radius 1 is 1.25 bits per heavy atom. The Bertz CT molecular complexity index is 606. The number of hydrogen-bond acceptors (Lipinski definition) is 3. The zero-order valence-electron chi connectivity index (χ0n) is 15.1. The molecule has 24 heavy (non-hydrogen) atoms. The molecule has 0 bridgehead atoms. The molecular weight excluding hydrogens is 300 g/mol. The van der Waals surface area contributed by atoms with Crippen LogP contribution in [0.25, 0.3) is 0 Å². The smallest absolute Gasteiger partial charge is 0.303 e. The molecule has 3 nitrogen and oxygen atoms in total. The second-order valence-electron chi connectivity index (χ2n) is 8.97. The molecule has 0 spiro atoms. The summed E-state index contributed by atoms with van der Waals surface area (Å²) in [7, 11) is 0. The SMILES string of the molecule is CC(=O)OC1C=C[C@@]2(C)C(=CC[C@@H]3[C@H]2CC[C@]2(C)C(O)CC[C@@H]32)C1. The van der Waals surface area contributed by atoms with Gasteiger partial charge in [0, 0.05) is 18.8 Å². The summed E-state index contributed by atoms with van der Waals surface area (Å²) in [6.07, 6.45) is 13.1. The van der Waals surface area contributed by atoms with E-state index in [-0.39, 0.29) is 29.0 Å². The summed E-state index contributed by atoms with van der Waals surface area (Å²) in [6, 6.07) is 0. The first-order valence-corrected chi connectivity index (χ1v) is 9.59. The summed E-state index contributed by atoms with van der Waals surface area (Å²) in [5.74, 6) is 1.80. The normalized spacial score (nSPS) is 49.7. The van der Waals surface area contributed by atoms with Crippen LogP contribution in [0.15, 0.2) is 23.8 Å². The van der Waals surface area contributed by atoms with Crippen molar-refractivity contribution in [3.63, 3.8) is 0 Å². The Hall–Kier alpha value is -1.09. The Kier molecular flexibility index (Phi) is 3.72. The van der Waals surface area contributed by atoms with Crippen LogP contribution in [-0.2, 0) is 9.53 Å². The number of carbonyl (C=O) groups excluding carboxylic acids is 1. The highest BCUT2D eigenvalue weighted by Gasteiger charge is 2.57. The van der Waals surface area contributed by atoms with Gasteiger partial charge in [-0.25, -0.2) is 0 Å². The lowest BCUT2D eigenvalue weighted by Crippen LogP contribution is -2.50. The van der Waals surface area contributed by atoms with Gasteiger partial charge in [0.1, 0.15) is 6.10 Å². The molecule has 4 rings (SSSR count). The maximum Gasteiger partial charge on any atom is 0.303 e. The summed E-state index contributed by atoms with van der Waals surface area (Å²) >= 11 is 0. The van der Waals surface area contributed by atoms with Crippen LogP contribution in [-0.4, -0.2) is 23.3 Å². The van der Waals surface area contributed by atoms with Gasteiger partial charge in [-0.05, 0) is 61.3 Å². The number of ether oxygens (including phenoxy) is 1. The van der Waals surface area contributed by atoms with E-state index in [2.05, 4.69) is 32.1 Å². The maximum atomic E-state index is 11.3. The summed E-state index contributed by atoms with van der Waals surface area (Å²) in [5, 5.41) is 10.5. The molecule has 4 aliphatic carbocycles. The van der Waals surface area contributed by atoms with E-state index in [0.29, 0.717) is 17.8 Å². The summed E-state index contributed by atoms with van der Waals surface area (Å²) in [5.41, 5.74) is 1.69. The van der Waals surface area contributed by atoms with Gasteiger partial charge in [-0.1, -0.05) is 31.6 Å². The molecule has 3 heteroatoms. The first kappa shape index (κ1) is 16.4. The molecule has 4 aliphatic rings. The van der Waals surface area contributed by atoms with Crippen molar-refractivity contribution in [1.29, 1.82) is 0 Å². The predicted octanol–water partition coefficient (Wildman–Crippen LogP) is 4.02. The molecule has 1 N–H and O–H groups in total. The highest BCUT2D eigenvalue weighted by atomic mass is 16.5. The number of fused-ring (bicyclic) bond motifs is 5. The summed E-state index contributed by atoms with van der Waals surface area (Å²) < 4.78 is 5.42. The van der Waals surface area contributed by atoms with Crippen LogP contribution in [0.1, 0.15) is 59.3 Å². The molecule has 0 amide bonds. The molecular formula is C21H30O3. The Balaban J connectivity index is 1.62. The molecule has 7 atom stereocenters. The van der Waals surface area contributed by atoms with E-state index >= 15 is 0 Å². The van der Waals surface area contributed by atoms with Crippen molar-refractivity contribution in [3.05, 3.63) is 23.8 Å². The lowest BCUT2D eigenvalue weighted by molar-refractivity contribution is -0.144. The molecule has 0 aromatic carbocycles. The zero-order chi connectivity index (χ0) is 17.1. The van der Waals surface area contributed by atoms with E-state index in [1.807, 2.05) is 0 Å². The standard InChI is InChI=1S/C21H30O3/c1-13(22)24-15-8-10-20(2)14(12-15)4-5-16-17-6-7-19(23)21(17,3)11-9-18(16)20/h4,8,10,15-19,23H,5-7,9,11-12H2,1-3H3/t15?,16-,17-,18+,19?,20-,21-/m0/s1. The average molecular weight is 330 g/mol. The van der Waals surface area contributed by atoms with Crippen LogP contribution in [0.4, 0.5) is 0 Å². The predicted molar refractivity (Wildman–Crippen MR) is 93.2 cm³/mol. The van der Waals surface area contributed by atoms with Crippen LogP contribution in [0.5, 0.6) is 0 Å². The fraction of sp³-hybridized carbons (Fsp3) is 0.762. The molecule has 2 saturated carbocycles. The summed E-state index contributed by atoms with van der Waals surface area (Å²) in [6.45, 7) is 6.19. The van der Waals surface area contributed by atoms with Crippen molar-refractivity contribution in [2.24, 2.45) is 28.6 Å². The second-order valence-corrected chi connectivity index (χ2v) is 8.97. The lowest BCUT2D eigenvalue weighted by Gasteiger charge is -2.56. The number of esters is 1. The zero-order valence-corrected chi connectivity index (χ0v) is 15.1. The molecule has 2 unspecified atom stereocenters. The van der Waals surface area contributed by atoms with Gasteiger partial charge in [0.15, 0.2) is 0 Å². The number of aliphatic hydroxyl groups excluding tert-OH is 1. The summed E-state index contributed by atoms with van der Waals surface area (Å²) in [4.78, 5) is 11.3. The van der Waals surface area contributed by atoms with E-state index in [1.54, 1.807) is 0 Å². The maximum absolute atomic E-state index is 11.3. The number of carbonyl (C=O) groups is 1. The van der Waals surface area contributed by atoms with Gasteiger partial charge in [-0.3, -0.25) is 4.79 Å². The third-order valence-electron chi connectivity index (χ3n) is 7.88. The van der Waals surface area contributed by atoms with Crippen LogP contribution < -0.4 is 0 Å². The van der Waals surface area contributed by atoms with Crippen molar-refractivity contribution in [2.45, 2.75) is 71.5 Å². The van der Waals surface area contributed by atoms with E-state index in [9.17, 15) is 9.90 Å². The van der Waals surface area contributed by atoms with Gasteiger partial charge in [0.2, 0.25) is 0 Å². The number of allylic oxidation sites excluding steroid dienone is 2. The highest BCUT2D eigenvalue weighted by molar-refractivity contribution is 5.66. The number of rotatable bonds is 1. The molecule has 0 aliphatic heterocycles. The lowest BCUT2D eigenvalue weighted by atomic mass is 9.49. The molecule has 0 radical (unpaired) electrons. The van der Waals surface area contributed by atoms with Crippen molar-refractivity contribution in [1.82, 2.24) is 0 Å². The molecule has 0 aromatic rings. The van der Waals surface area contributed by atoms with Gasteiger partial charge in [0.05, 0.1) is 6.10 Å². The Morgan fingerprint density at radius 2 is 2.04 bits per heavy atom. The minimum Gasteiger partial charge on any atom is -0.458 e. The van der Waals surface area contributed by atoms with Crippen LogP contribution in [0.3, 0.4) is 0 Å². The van der Waals surface area contributed by atoms with E-state index in [1.165, 1.54) is 25.3 Å². The van der Waals surface area contributed by atoms with Gasteiger partial charge in [-0.15, -0.1) is 0 Å². The topological polar surface area (TPSA) is 46.5 Å². The van der Waals surface area contributed by atoms with E-state index in [4.69, 9.17) is 4.74 Å². The van der Waals surface area contributed by atoms with Crippen molar-refractivity contribution >= 4 is 5.97 Å². The van der Waals surface area contributed by atoms with Gasteiger partial charge >= 0.3 is 5.97 Å². The monoisotopic (exact) mass is 330 g/mol. The van der Waals surface area contributed by atoms with E-state index < -0.39 is 0 Å². The van der Waals surface area contributed by atoms with Crippen LogP contribution in [0, 0.1) is 28.6 Å². The quantitative estimate of drug-likeness (QED) is 0.583. The molecule has 0 heterocycles. The van der Waals surface area contributed by atoms with Crippen molar-refractivity contribution in [3.8, 4) is 0 Å². The second kappa shape index (κ2) is 5.45. The third-order valence-corrected chi connectivity index (χ3v) is 7.88. The number of hydrogen-bond donors (Lipinski definition) is 1. The van der Waals surface area contributed by atoms with Gasteiger partial charge in [-0.2, -0.15) is 0 Å². The third kappa shape index (κ3) is 2.23. The van der Waals surface area contributed by atoms with Gasteiger partial charge < -0.3 is 9.84 Å². The van der Waals surface area contributed by atoms with Crippen LogP contribution >= 0.6 is 0 Å². The van der Waals surface area contributed by atoms with Gasteiger partial charge in [0.25, 0.3) is 0 Å². The Labute approximate surface area is 145 Å². The first-order valence-electron chi connectivity index (χ1n) is 9.59. The Morgan fingerprint density at radius 3 is 2.79 bits per heavy atom. The van der Waals surface area contributed by atoms with Crippen molar-refractivity contribution < 1.29 is 14.6 Å². The molecule has 0 saturated heterocycles. The van der Waals surface area contributed by atoms with E-state index in [0.717, 1.165) is 25.7 Å². The molecule has 2 fully saturated rings. The fourth-order valence-electron chi connectivity index (χ4n) is 6.49. The fourth-order valence-corrected chi connectivity index (χ4v) is 6.49. The number of aliphatic hydroxyl groups is 1.